The van der Waals surface area contributed by atoms with Gasteiger partial charge in [-0.3, -0.25) is 0 Å². The lowest BCUT2D eigenvalue weighted by atomic mass is 10.1. The first kappa shape index (κ1) is 12.0. The molecular weight excluding hydrogens is 170 g/mol. The minimum atomic E-state index is -0.583. The van der Waals surface area contributed by atoms with Gasteiger partial charge in [0.15, 0.2) is 0 Å². The average Bonchev–Trinajstić information content (AvgIpc) is 1.98. The van der Waals surface area contributed by atoms with Gasteiger partial charge in [-0.2, -0.15) is 11.8 Å². The summed E-state index contributed by atoms with van der Waals surface area (Å²) >= 11 is 1.66. The van der Waals surface area contributed by atoms with Crippen LogP contribution in [0, 0.1) is 0 Å². The molecule has 0 radical (unpaired) electrons. The van der Waals surface area contributed by atoms with E-state index in [0.717, 1.165) is 18.7 Å². The molecule has 72 valence electrons. The van der Waals surface area contributed by atoms with E-state index >= 15 is 0 Å². The molecule has 0 fully saturated rings. The zero-order valence-corrected chi connectivity index (χ0v) is 8.78. The molecule has 0 saturated heterocycles. The number of nitrogens with one attached hydrogen (secondary N) is 1. The second-order valence-corrected chi connectivity index (χ2v) is 4.05. The third kappa shape index (κ3) is 6.70. The van der Waals surface area contributed by atoms with E-state index in [1.807, 2.05) is 19.3 Å². The molecule has 0 aliphatic rings. The second-order valence-electron chi connectivity index (χ2n) is 3.18. The van der Waals surface area contributed by atoms with Crippen molar-refractivity contribution in [2.75, 3.05) is 25.1 Å². The van der Waals surface area contributed by atoms with Gasteiger partial charge in [0.1, 0.15) is 0 Å². The van der Waals surface area contributed by atoms with Gasteiger partial charge in [-0.05, 0) is 26.1 Å². The lowest BCUT2D eigenvalue weighted by molar-refractivity contribution is 0.0853. The molecule has 12 heavy (non-hydrogen) atoms. The first-order valence-corrected chi connectivity index (χ1v) is 5.55. The summed E-state index contributed by atoms with van der Waals surface area (Å²) in [7, 11) is 0. The Balaban J connectivity index is 3.39. The predicted molar refractivity (Wildman–Crippen MR) is 56.7 cm³/mol. The lowest BCUT2D eigenvalue weighted by Gasteiger charge is -2.22. The molecule has 0 rings (SSSR count). The summed E-state index contributed by atoms with van der Waals surface area (Å²) in [6.07, 6.45) is 4.82. The Labute approximate surface area is 79.4 Å². The normalized spacial score (nSPS) is 15.6. The Morgan fingerprint density at radius 2 is 2.33 bits per heavy atom. The van der Waals surface area contributed by atoms with Gasteiger partial charge >= 0.3 is 0 Å². The molecule has 0 aromatic heterocycles. The highest BCUT2D eigenvalue weighted by Crippen LogP contribution is 2.08. The standard InChI is InChI=1S/C9H19NOS/c1-4-5-6-10-7-9(2,11)8-12-3/h4,10-11H,1,5-8H2,2-3H3. The van der Waals surface area contributed by atoms with Crippen LogP contribution in [0.25, 0.3) is 0 Å². The molecule has 0 aliphatic heterocycles. The number of aliphatic hydroxyl groups is 1. The van der Waals surface area contributed by atoms with E-state index in [1.165, 1.54) is 0 Å². The minimum absolute atomic E-state index is 0.583. The average molecular weight is 189 g/mol. The van der Waals surface area contributed by atoms with Crippen LogP contribution in [0.3, 0.4) is 0 Å². The molecule has 0 saturated carbocycles. The summed E-state index contributed by atoms with van der Waals surface area (Å²) in [6, 6.07) is 0. The fourth-order valence-corrected chi connectivity index (χ4v) is 1.65. The van der Waals surface area contributed by atoms with Crippen molar-refractivity contribution in [3.63, 3.8) is 0 Å². The van der Waals surface area contributed by atoms with E-state index in [1.54, 1.807) is 11.8 Å². The Hall–Kier alpha value is 0.0100. The van der Waals surface area contributed by atoms with Gasteiger partial charge in [-0.1, -0.05) is 6.08 Å². The second kappa shape index (κ2) is 6.52. The van der Waals surface area contributed by atoms with Gasteiger partial charge in [0.05, 0.1) is 5.60 Å². The van der Waals surface area contributed by atoms with Crippen LogP contribution in [0.1, 0.15) is 13.3 Å². The summed E-state index contributed by atoms with van der Waals surface area (Å²) in [6.45, 7) is 7.03. The fraction of sp³-hybridized carbons (Fsp3) is 0.778. The largest absolute Gasteiger partial charge is 0.388 e. The van der Waals surface area contributed by atoms with E-state index in [2.05, 4.69) is 11.9 Å². The molecule has 0 aliphatic carbocycles. The monoisotopic (exact) mass is 189 g/mol. The molecule has 0 aromatic rings. The third-order valence-electron chi connectivity index (χ3n) is 1.49. The van der Waals surface area contributed by atoms with Crippen LogP contribution in [-0.4, -0.2) is 35.8 Å². The molecular formula is C9H19NOS. The highest BCUT2D eigenvalue weighted by molar-refractivity contribution is 7.98. The fourth-order valence-electron chi connectivity index (χ4n) is 0.924. The summed E-state index contributed by atoms with van der Waals surface area (Å²) < 4.78 is 0. The van der Waals surface area contributed by atoms with Crippen molar-refractivity contribution in [3.8, 4) is 0 Å². The van der Waals surface area contributed by atoms with Crippen molar-refractivity contribution in [2.24, 2.45) is 0 Å². The first-order valence-electron chi connectivity index (χ1n) is 4.15. The molecule has 1 atom stereocenters. The highest BCUT2D eigenvalue weighted by Gasteiger charge is 2.17. The molecule has 0 amide bonds. The van der Waals surface area contributed by atoms with Gasteiger partial charge in [0, 0.05) is 12.3 Å². The lowest BCUT2D eigenvalue weighted by Crippen LogP contribution is -2.40. The van der Waals surface area contributed by atoms with Crippen LogP contribution in [0.15, 0.2) is 12.7 Å². The van der Waals surface area contributed by atoms with E-state index in [9.17, 15) is 5.11 Å². The molecule has 1 unspecified atom stereocenters. The molecule has 0 spiro atoms. The molecule has 0 aromatic carbocycles. The maximum absolute atomic E-state index is 9.70. The van der Waals surface area contributed by atoms with Crippen LogP contribution in [-0.2, 0) is 0 Å². The Morgan fingerprint density at radius 1 is 1.67 bits per heavy atom. The van der Waals surface area contributed by atoms with Crippen molar-refractivity contribution in [1.29, 1.82) is 0 Å². The van der Waals surface area contributed by atoms with Gasteiger partial charge in [-0.15, -0.1) is 6.58 Å². The summed E-state index contributed by atoms with van der Waals surface area (Å²) in [5.74, 6) is 0.772. The number of hydrogen-bond donors (Lipinski definition) is 2. The first-order chi connectivity index (χ1) is 5.62. The van der Waals surface area contributed by atoms with Crippen LogP contribution in [0.5, 0.6) is 0 Å². The van der Waals surface area contributed by atoms with Crippen molar-refractivity contribution >= 4 is 11.8 Å². The van der Waals surface area contributed by atoms with E-state index in [0.29, 0.717) is 6.54 Å². The van der Waals surface area contributed by atoms with E-state index < -0.39 is 5.60 Å². The quantitative estimate of drug-likeness (QED) is 0.467. The highest BCUT2D eigenvalue weighted by atomic mass is 32.2. The van der Waals surface area contributed by atoms with Crippen LogP contribution >= 0.6 is 11.8 Å². The minimum Gasteiger partial charge on any atom is -0.388 e. The Kier molecular flexibility index (Phi) is 6.52. The number of hydrogen-bond acceptors (Lipinski definition) is 3. The Bertz CT molecular complexity index is 126. The zero-order chi connectivity index (χ0) is 9.45. The summed E-state index contributed by atoms with van der Waals surface area (Å²) in [5, 5.41) is 12.9. The maximum atomic E-state index is 9.70. The SMILES string of the molecule is C=CCCNCC(C)(O)CSC. The number of thioether (sulfide) groups is 1. The van der Waals surface area contributed by atoms with E-state index in [-0.39, 0.29) is 0 Å². The summed E-state index contributed by atoms with van der Waals surface area (Å²) in [5.41, 5.74) is -0.583. The Morgan fingerprint density at radius 3 is 2.83 bits per heavy atom. The van der Waals surface area contributed by atoms with Crippen molar-refractivity contribution in [3.05, 3.63) is 12.7 Å². The van der Waals surface area contributed by atoms with E-state index in [4.69, 9.17) is 0 Å². The molecule has 0 heterocycles. The van der Waals surface area contributed by atoms with Crippen LogP contribution in [0.4, 0.5) is 0 Å². The summed E-state index contributed by atoms with van der Waals surface area (Å²) in [4.78, 5) is 0. The van der Waals surface area contributed by atoms with Crippen molar-refractivity contribution in [1.82, 2.24) is 5.32 Å². The van der Waals surface area contributed by atoms with Crippen LogP contribution < -0.4 is 5.32 Å². The molecule has 2 nitrogen and oxygen atoms in total. The third-order valence-corrected chi connectivity index (χ3v) is 2.40. The zero-order valence-electron chi connectivity index (χ0n) is 7.97. The maximum Gasteiger partial charge on any atom is 0.0833 e. The van der Waals surface area contributed by atoms with Gasteiger partial charge in [0.2, 0.25) is 0 Å². The van der Waals surface area contributed by atoms with Crippen molar-refractivity contribution < 1.29 is 5.11 Å². The van der Waals surface area contributed by atoms with Gasteiger partial charge in [-0.25, -0.2) is 0 Å². The van der Waals surface area contributed by atoms with Gasteiger partial charge in [0.25, 0.3) is 0 Å². The molecule has 2 N–H and O–H groups in total. The van der Waals surface area contributed by atoms with Gasteiger partial charge < -0.3 is 10.4 Å². The van der Waals surface area contributed by atoms with Crippen LogP contribution in [0.2, 0.25) is 0 Å². The van der Waals surface area contributed by atoms with Crippen molar-refractivity contribution in [2.45, 2.75) is 18.9 Å². The topological polar surface area (TPSA) is 32.3 Å². The molecule has 3 heteroatoms. The number of rotatable bonds is 7. The molecule has 0 bridgehead atoms. The predicted octanol–water partition coefficient (Wildman–Crippen LogP) is 1.27. The smallest absolute Gasteiger partial charge is 0.0833 e.